The molecule has 0 aliphatic rings. The molecule has 1 rings (SSSR count). The minimum Gasteiger partial charge on any atom is -0.293 e. The molecule has 0 aliphatic carbocycles. The number of aryl methyl sites for hydroxylation is 1. The first-order chi connectivity index (χ1) is 6.13. The van der Waals surface area contributed by atoms with Gasteiger partial charge in [-0.2, -0.15) is 5.26 Å². The van der Waals surface area contributed by atoms with Gasteiger partial charge in [0.2, 0.25) is 0 Å². The smallest absolute Gasteiger partial charge is 0.134 e. The lowest BCUT2D eigenvalue weighted by atomic mass is 10.3. The fraction of sp³-hybridized carbons (Fsp3) is 0.625. The molecule has 13 heavy (non-hydrogen) atoms. The van der Waals surface area contributed by atoms with Gasteiger partial charge in [-0.05, 0) is 20.8 Å². The molecule has 1 aromatic heterocycles. The zero-order chi connectivity index (χ0) is 9.84. The highest BCUT2D eigenvalue weighted by Crippen LogP contribution is 2.16. The van der Waals surface area contributed by atoms with E-state index in [-0.39, 0.29) is 12.1 Å². The van der Waals surface area contributed by atoms with Crippen LogP contribution in [0, 0.1) is 18.3 Å². The van der Waals surface area contributed by atoms with E-state index in [9.17, 15) is 0 Å². The van der Waals surface area contributed by atoms with Crippen molar-refractivity contribution in [2.24, 2.45) is 0 Å². The van der Waals surface area contributed by atoms with E-state index < -0.39 is 0 Å². The summed E-state index contributed by atoms with van der Waals surface area (Å²) in [7, 11) is 0. The van der Waals surface area contributed by atoms with Crippen molar-refractivity contribution in [2.45, 2.75) is 32.9 Å². The van der Waals surface area contributed by atoms with Gasteiger partial charge >= 0.3 is 0 Å². The summed E-state index contributed by atoms with van der Waals surface area (Å²) in [6.07, 6.45) is 0. The van der Waals surface area contributed by atoms with Crippen molar-refractivity contribution < 1.29 is 0 Å². The summed E-state index contributed by atoms with van der Waals surface area (Å²) in [6.45, 7) is 5.72. The van der Waals surface area contributed by atoms with Crippen LogP contribution < -0.4 is 5.32 Å². The van der Waals surface area contributed by atoms with Crippen molar-refractivity contribution in [2.75, 3.05) is 0 Å². The topological polar surface area (TPSA) is 61.6 Å². The first kappa shape index (κ1) is 10.1. The summed E-state index contributed by atoms with van der Waals surface area (Å²) in [5, 5.41) is 21.5. The van der Waals surface area contributed by atoms with Gasteiger partial charge in [0.1, 0.15) is 10.0 Å². The van der Waals surface area contributed by atoms with Crippen LogP contribution in [0.15, 0.2) is 0 Å². The number of hydrogen-bond acceptors (Lipinski definition) is 5. The molecule has 0 aromatic carbocycles. The number of nitrogens with zero attached hydrogens (tertiary/aromatic N) is 3. The van der Waals surface area contributed by atoms with E-state index in [1.165, 1.54) is 0 Å². The molecule has 5 heteroatoms. The molecule has 0 spiro atoms. The molecule has 2 unspecified atom stereocenters. The fourth-order valence-corrected chi connectivity index (χ4v) is 1.68. The van der Waals surface area contributed by atoms with E-state index in [2.05, 4.69) is 21.6 Å². The van der Waals surface area contributed by atoms with Crippen molar-refractivity contribution in [1.82, 2.24) is 15.5 Å². The third-order valence-corrected chi connectivity index (χ3v) is 2.63. The average molecular weight is 196 g/mol. The van der Waals surface area contributed by atoms with Gasteiger partial charge in [0.05, 0.1) is 18.2 Å². The Morgan fingerprint density at radius 2 is 2.15 bits per heavy atom. The van der Waals surface area contributed by atoms with E-state index in [1.807, 2.05) is 20.8 Å². The minimum absolute atomic E-state index is 0.0980. The number of aromatic nitrogens is 2. The SMILES string of the molecule is Cc1nnc(C(C)NC(C)C#N)s1. The summed E-state index contributed by atoms with van der Waals surface area (Å²) in [4.78, 5) is 0. The van der Waals surface area contributed by atoms with Crippen LogP contribution in [-0.2, 0) is 0 Å². The zero-order valence-electron chi connectivity index (χ0n) is 7.90. The highest BCUT2D eigenvalue weighted by Gasteiger charge is 2.12. The molecule has 0 aliphatic heterocycles. The molecular weight excluding hydrogens is 184 g/mol. The molecule has 0 bridgehead atoms. The third-order valence-electron chi connectivity index (χ3n) is 1.61. The predicted molar refractivity (Wildman–Crippen MR) is 51.3 cm³/mol. The lowest BCUT2D eigenvalue weighted by Crippen LogP contribution is -2.27. The Kier molecular flexibility index (Phi) is 3.34. The van der Waals surface area contributed by atoms with Crippen LogP contribution in [0.2, 0.25) is 0 Å². The number of rotatable bonds is 3. The second kappa shape index (κ2) is 4.30. The lowest BCUT2D eigenvalue weighted by Gasteiger charge is -2.11. The van der Waals surface area contributed by atoms with Crippen LogP contribution in [0.1, 0.15) is 29.9 Å². The standard InChI is InChI=1S/C8H12N4S/c1-5(4-9)10-6(2)8-12-11-7(3)13-8/h5-6,10H,1-3H3. The molecule has 0 amide bonds. The Labute approximate surface area is 81.6 Å². The van der Waals surface area contributed by atoms with Crippen LogP contribution in [-0.4, -0.2) is 16.2 Å². The highest BCUT2D eigenvalue weighted by molar-refractivity contribution is 7.11. The van der Waals surface area contributed by atoms with Gasteiger partial charge in [0, 0.05) is 0 Å². The van der Waals surface area contributed by atoms with Gasteiger partial charge in [-0.15, -0.1) is 21.5 Å². The number of nitrogens with one attached hydrogen (secondary N) is 1. The van der Waals surface area contributed by atoms with Gasteiger partial charge < -0.3 is 0 Å². The summed E-state index contributed by atoms with van der Waals surface area (Å²) in [6, 6.07) is 2.06. The second-order valence-electron chi connectivity index (χ2n) is 2.90. The van der Waals surface area contributed by atoms with E-state index in [4.69, 9.17) is 5.26 Å². The van der Waals surface area contributed by atoms with E-state index in [1.54, 1.807) is 11.3 Å². The van der Waals surface area contributed by atoms with Crippen LogP contribution in [0.3, 0.4) is 0 Å². The van der Waals surface area contributed by atoms with Crippen molar-refractivity contribution in [1.29, 1.82) is 5.26 Å². The Morgan fingerprint density at radius 3 is 2.62 bits per heavy atom. The second-order valence-corrected chi connectivity index (χ2v) is 4.11. The molecule has 0 saturated carbocycles. The zero-order valence-corrected chi connectivity index (χ0v) is 8.72. The Balaban J connectivity index is 2.59. The fourth-order valence-electron chi connectivity index (χ4n) is 0.970. The maximum Gasteiger partial charge on any atom is 0.134 e. The Bertz CT molecular complexity index is 314. The summed E-state index contributed by atoms with van der Waals surface area (Å²) >= 11 is 1.55. The van der Waals surface area contributed by atoms with Crippen molar-refractivity contribution in [3.63, 3.8) is 0 Å². The maximum absolute atomic E-state index is 8.59. The molecular formula is C8H12N4S. The molecule has 4 nitrogen and oxygen atoms in total. The van der Waals surface area contributed by atoms with Crippen LogP contribution in [0.4, 0.5) is 0 Å². The highest BCUT2D eigenvalue weighted by atomic mass is 32.1. The largest absolute Gasteiger partial charge is 0.293 e. The number of hydrogen-bond donors (Lipinski definition) is 1. The molecule has 1 heterocycles. The first-order valence-corrected chi connectivity index (χ1v) is 4.90. The van der Waals surface area contributed by atoms with E-state index in [0.717, 1.165) is 10.0 Å². The monoisotopic (exact) mass is 196 g/mol. The van der Waals surface area contributed by atoms with E-state index >= 15 is 0 Å². The lowest BCUT2D eigenvalue weighted by molar-refractivity contribution is 0.537. The van der Waals surface area contributed by atoms with E-state index in [0.29, 0.717) is 0 Å². The van der Waals surface area contributed by atoms with Crippen LogP contribution in [0.5, 0.6) is 0 Å². The summed E-state index contributed by atoms with van der Waals surface area (Å²) in [5.74, 6) is 0. The van der Waals surface area contributed by atoms with Gasteiger partial charge in [-0.25, -0.2) is 0 Å². The average Bonchev–Trinajstić information content (AvgIpc) is 2.51. The van der Waals surface area contributed by atoms with Crippen molar-refractivity contribution in [3.8, 4) is 6.07 Å². The third kappa shape index (κ3) is 2.76. The van der Waals surface area contributed by atoms with Crippen molar-refractivity contribution in [3.05, 3.63) is 10.0 Å². The van der Waals surface area contributed by atoms with Crippen molar-refractivity contribution >= 4 is 11.3 Å². The molecule has 0 fully saturated rings. The molecule has 70 valence electrons. The van der Waals surface area contributed by atoms with Gasteiger partial charge in [-0.3, -0.25) is 5.32 Å². The summed E-state index contributed by atoms with van der Waals surface area (Å²) < 4.78 is 0. The molecule has 0 saturated heterocycles. The molecule has 1 N–H and O–H groups in total. The maximum atomic E-state index is 8.59. The quantitative estimate of drug-likeness (QED) is 0.794. The Morgan fingerprint density at radius 1 is 1.46 bits per heavy atom. The normalized spacial score (nSPS) is 14.9. The van der Waals surface area contributed by atoms with Crippen LogP contribution >= 0.6 is 11.3 Å². The number of nitriles is 1. The molecule has 1 aromatic rings. The Hall–Kier alpha value is -0.990. The molecule has 0 radical (unpaired) electrons. The van der Waals surface area contributed by atoms with Gasteiger partial charge in [-0.1, -0.05) is 0 Å². The first-order valence-electron chi connectivity index (χ1n) is 4.09. The predicted octanol–water partition coefficient (Wildman–Crippen LogP) is 1.41. The van der Waals surface area contributed by atoms with Gasteiger partial charge in [0.25, 0.3) is 0 Å². The summed E-state index contributed by atoms with van der Waals surface area (Å²) in [5.41, 5.74) is 0. The minimum atomic E-state index is -0.154. The van der Waals surface area contributed by atoms with Gasteiger partial charge in [0.15, 0.2) is 0 Å². The molecule has 2 atom stereocenters. The van der Waals surface area contributed by atoms with Crippen LogP contribution in [0.25, 0.3) is 0 Å².